The third kappa shape index (κ3) is 2.29. The normalized spacial score (nSPS) is 12.9. The summed E-state index contributed by atoms with van der Waals surface area (Å²) in [5.74, 6) is -7.64. The van der Waals surface area contributed by atoms with Gasteiger partial charge in [-0.3, -0.25) is 4.79 Å². The minimum atomic E-state index is -5.91. The summed E-state index contributed by atoms with van der Waals surface area (Å²) in [5, 5.41) is 0.698. The van der Waals surface area contributed by atoms with Crippen molar-refractivity contribution >= 4 is 38.8 Å². The SMILES string of the molecule is Cc1c(C(=O)C(F)(F)C(F)(F)F)sc2ccc(Cl)cc12. The number of thiophene rings is 1. The Kier molecular flexibility index (Phi) is 3.54. The smallest absolute Gasteiger partial charge is 0.286 e. The molecular weight excluding hydrogens is 323 g/mol. The van der Waals surface area contributed by atoms with Gasteiger partial charge in [-0.2, -0.15) is 22.0 Å². The molecule has 0 aliphatic heterocycles. The van der Waals surface area contributed by atoms with Crippen LogP contribution in [0.25, 0.3) is 10.1 Å². The molecule has 2 rings (SSSR count). The number of halogens is 6. The molecular formula is C12H6ClF5OS. The van der Waals surface area contributed by atoms with Crippen LogP contribution in [0.1, 0.15) is 15.2 Å². The average molecular weight is 329 g/mol. The molecule has 0 unspecified atom stereocenters. The zero-order valence-corrected chi connectivity index (χ0v) is 11.4. The van der Waals surface area contributed by atoms with Gasteiger partial charge in [-0.15, -0.1) is 11.3 Å². The second kappa shape index (κ2) is 4.66. The van der Waals surface area contributed by atoms with Crippen LogP contribution in [-0.4, -0.2) is 17.9 Å². The summed E-state index contributed by atoms with van der Waals surface area (Å²) in [6, 6.07) is 4.36. The molecule has 1 heterocycles. The molecule has 0 spiro atoms. The number of rotatable bonds is 2. The van der Waals surface area contributed by atoms with E-state index in [2.05, 4.69) is 0 Å². The van der Waals surface area contributed by atoms with Gasteiger partial charge >= 0.3 is 12.1 Å². The van der Waals surface area contributed by atoms with Crippen molar-refractivity contribution in [3.63, 3.8) is 0 Å². The lowest BCUT2D eigenvalue weighted by Gasteiger charge is -2.17. The van der Waals surface area contributed by atoms with E-state index >= 15 is 0 Å². The number of carbonyl (C=O) groups is 1. The van der Waals surface area contributed by atoms with Gasteiger partial charge in [-0.1, -0.05) is 11.6 Å². The molecule has 0 aliphatic carbocycles. The Balaban J connectivity index is 2.59. The van der Waals surface area contributed by atoms with Crippen LogP contribution in [0.15, 0.2) is 18.2 Å². The molecule has 1 nitrogen and oxygen atoms in total. The lowest BCUT2D eigenvalue weighted by molar-refractivity contribution is -0.255. The first-order valence-corrected chi connectivity index (χ1v) is 6.43. The Morgan fingerprint density at radius 3 is 2.35 bits per heavy atom. The molecule has 0 radical (unpaired) electrons. The second-order valence-electron chi connectivity index (χ2n) is 4.10. The van der Waals surface area contributed by atoms with Crippen LogP contribution in [-0.2, 0) is 0 Å². The van der Waals surface area contributed by atoms with E-state index in [0.717, 1.165) is 0 Å². The first-order chi connectivity index (χ1) is 9.05. The van der Waals surface area contributed by atoms with Gasteiger partial charge < -0.3 is 0 Å². The van der Waals surface area contributed by atoms with Crippen molar-refractivity contribution in [1.82, 2.24) is 0 Å². The Bertz CT molecular complexity index is 689. The maximum absolute atomic E-state index is 13.1. The first kappa shape index (κ1) is 15.2. The van der Waals surface area contributed by atoms with Crippen molar-refractivity contribution in [2.24, 2.45) is 0 Å². The number of fused-ring (bicyclic) bond motifs is 1. The van der Waals surface area contributed by atoms with Gasteiger partial charge in [-0.05, 0) is 36.1 Å². The number of benzene rings is 1. The van der Waals surface area contributed by atoms with E-state index in [9.17, 15) is 26.7 Å². The van der Waals surface area contributed by atoms with E-state index in [1.54, 1.807) is 0 Å². The van der Waals surface area contributed by atoms with Crippen LogP contribution < -0.4 is 0 Å². The molecule has 2 aromatic rings. The van der Waals surface area contributed by atoms with E-state index in [4.69, 9.17) is 11.6 Å². The summed E-state index contributed by atoms with van der Waals surface area (Å²) >= 11 is 6.33. The van der Waals surface area contributed by atoms with Crippen molar-refractivity contribution in [2.45, 2.75) is 19.0 Å². The van der Waals surface area contributed by atoms with Crippen molar-refractivity contribution < 1.29 is 26.7 Å². The van der Waals surface area contributed by atoms with Crippen molar-refractivity contribution in [3.05, 3.63) is 33.7 Å². The van der Waals surface area contributed by atoms with Gasteiger partial charge in [-0.25, -0.2) is 0 Å². The first-order valence-electron chi connectivity index (χ1n) is 5.23. The fourth-order valence-corrected chi connectivity index (χ4v) is 3.02. The third-order valence-corrected chi connectivity index (χ3v) is 4.25. The van der Waals surface area contributed by atoms with Crippen molar-refractivity contribution in [2.75, 3.05) is 0 Å². The largest absolute Gasteiger partial charge is 0.461 e. The van der Waals surface area contributed by atoms with E-state index in [-0.39, 0.29) is 5.56 Å². The fourth-order valence-electron chi connectivity index (χ4n) is 1.68. The monoisotopic (exact) mass is 328 g/mol. The van der Waals surface area contributed by atoms with Crippen LogP contribution >= 0.6 is 22.9 Å². The van der Waals surface area contributed by atoms with Crippen molar-refractivity contribution in [1.29, 1.82) is 0 Å². The molecule has 0 saturated carbocycles. The number of carbonyl (C=O) groups excluding carboxylic acids is 1. The Labute approximate surface area is 119 Å². The predicted octanol–water partition coefficient (Wildman–Crippen LogP) is 5.24. The van der Waals surface area contributed by atoms with Gasteiger partial charge in [0, 0.05) is 9.72 Å². The lowest BCUT2D eigenvalue weighted by Crippen LogP contribution is -2.43. The van der Waals surface area contributed by atoms with Crippen molar-refractivity contribution in [3.8, 4) is 0 Å². The summed E-state index contributed by atoms with van der Waals surface area (Å²) in [4.78, 5) is 10.9. The molecule has 0 fully saturated rings. The molecule has 20 heavy (non-hydrogen) atoms. The standard InChI is InChI=1S/C12H6ClF5OS/c1-5-7-4-6(13)2-3-8(7)20-9(5)10(19)11(14,15)12(16,17)18/h2-4H,1H3. The number of alkyl halides is 5. The van der Waals surface area contributed by atoms with Crippen LogP contribution in [0.5, 0.6) is 0 Å². The predicted molar refractivity (Wildman–Crippen MR) is 66.9 cm³/mol. The highest BCUT2D eigenvalue weighted by Gasteiger charge is 2.63. The zero-order valence-electron chi connectivity index (χ0n) is 9.82. The fraction of sp³-hybridized carbons (Fsp3) is 0.250. The number of aryl methyl sites for hydroxylation is 1. The molecule has 108 valence electrons. The number of hydrogen-bond acceptors (Lipinski definition) is 2. The van der Waals surface area contributed by atoms with Crippen LogP contribution in [0, 0.1) is 6.92 Å². The maximum Gasteiger partial charge on any atom is 0.461 e. The van der Waals surface area contributed by atoms with E-state index in [1.165, 1.54) is 25.1 Å². The van der Waals surface area contributed by atoms with E-state index in [1.807, 2.05) is 0 Å². The Morgan fingerprint density at radius 2 is 1.80 bits per heavy atom. The quantitative estimate of drug-likeness (QED) is 0.544. The van der Waals surface area contributed by atoms with Crippen LogP contribution in [0.4, 0.5) is 22.0 Å². The molecule has 0 atom stereocenters. The van der Waals surface area contributed by atoms with Gasteiger partial charge in [0.1, 0.15) is 0 Å². The minimum absolute atomic E-state index is 0.0708. The van der Waals surface area contributed by atoms with Gasteiger partial charge in [0.2, 0.25) is 0 Å². The van der Waals surface area contributed by atoms with E-state index < -0.39 is 22.8 Å². The van der Waals surface area contributed by atoms with Gasteiger partial charge in [0.05, 0.1) is 4.88 Å². The number of ketones is 1. The number of Topliss-reactive ketones (excluding diaryl/α,β-unsaturated/α-hetero) is 1. The maximum atomic E-state index is 13.1. The molecule has 0 bridgehead atoms. The molecule has 1 aromatic carbocycles. The molecule has 0 amide bonds. The summed E-state index contributed by atoms with van der Waals surface area (Å²) < 4.78 is 63.3. The van der Waals surface area contributed by atoms with Crippen LogP contribution in [0.3, 0.4) is 0 Å². The van der Waals surface area contributed by atoms with Gasteiger partial charge in [0.15, 0.2) is 0 Å². The van der Waals surface area contributed by atoms with Crippen LogP contribution in [0.2, 0.25) is 5.02 Å². The number of hydrogen-bond donors (Lipinski definition) is 0. The highest BCUT2D eigenvalue weighted by molar-refractivity contribution is 7.21. The highest BCUT2D eigenvalue weighted by atomic mass is 35.5. The summed E-state index contributed by atoms with van der Waals surface area (Å²) in [6.45, 7) is 1.31. The third-order valence-electron chi connectivity index (χ3n) is 2.75. The van der Waals surface area contributed by atoms with Gasteiger partial charge in [0.25, 0.3) is 5.78 Å². The topological polar surface area (TPSA) is 17.1 Å². The second-order valence-corrected chi connectivity index (χ2v) is 5.59. The average Bonchev–Trinajstić information content (AvgIpc) is 2.64. The summed E-state index contributed by atoms with van der Waals surface area (Å²) in [6.07, 6.45) is -5.91. The highest BCUT2D eigenvalue weighted by Crippen LogP contribution is 2.42. The zero-order chi connectivity index (χ0) is 15.3. The molecule has 0 N–H and O–H groups in total. The molecule has 0 saturated heterocycles. The minimum Gasteiger partial charge on any atom is -0.286 e. The summed E-state index contributed by atoms with van der Waals surface area (Å²) in [7, 11) is 0. The van der Waals surface area contributed by atoms with E-state index in [0.29, 0.717) is 26.4 Å². The Morgan fingerprint density at radius 1 is 1.20 bits per heavy atom. The lowest BCUT2D eigenvalue weighted by atomic mass is 10.1. The Hall–Kier alpha value is -1.21. The molecule has 1 aromatic heterocycles. The molecule has 0 aliphatic rings. The summed E-state index contributed by atoms with van der Waals surface area (Å²) in [5.41, 5.74) is 0.0708. The molecule has 8 heteroatoms.